The molecule has 0 unspecified atom stereocenters. The Balaban J connectivity index is 1.95. The number of hydrogen-bond donors (Lipinski definition) is 2. The van der Waals surface area contributed by atoms with Gasteiger partial charge in [-0.1, -0.05) is 18.2 Å². The summed E-state index contributed by atoms with van der Waals surface area (Å²) in [4.78, 5) is 25.5. The highest BCUT2D eigenvalue weighted by Gasteiger charge is 2.43. The Kier molecular flexibility index (Phi) is 4.07. The number of nitrogens with one attached hydrogen (secondary N) is 1. The second kappa shape index (κ2) is 6.28. The van der Waals surface area contributed by atoms with Crippen molar-refractivity contribution in [1.29, 1.82) is 0 Å². The van der Waals surface area contributed by atoms with Crippen molar-refractivity contribution in [2.75, 3.05) is 4.90 Å². The molecule has 1 saturated heterocycles. The summed E-state index contributed by atoms with van der Waals surface area (Å²) in [6.45, 7) is 0. The Bertz CT molecular complexity index is 920. The topological polar surface area (TPSA) is 78.9 Å². The van der Waals surface area contributed by atoms with Gasteiger partial charge in [-0.3, -0.25) is 9.69 Å². The van der Waals surface area contributed by atoms with Crippen molar-refractivity contribution in [2.45, 2.75) is 24.9 Å². The normalized spacial score (nSPS) is 21.0. The van der Waals surface area contributed by atoms with Gasteiger partial charge in [0.05, 0.1) is 22.2 Å². The first-order chi connectivity index (χ1) is 12.5. The fourth-order valence-electron chi connectivity index (χ4n) is 3.57. The van der Waals surface area contributed by atoms with E-state index in [2.05, 4.69) is 21.2 Å². The van der Waals surface area contributed by atoms with E-state index in [0.29, 0.717) is 23.4 Å². The number of carboxylic acid groups (broad SMARTS) is 1. The minimum atomic E-state index is -1.16. The van der Waals surface area contributed by atoms with Gasteiger partial charge in [0.15, 0.2) is 5.75 Å². The van der Waals surface area contributed by atoms with E-state index >= 15 is 0 Å². The van der Waals surface area contributed by atoms with Gasteiger partial charge in [-0.15, -0.1) is 0 Å². The molecular formula is C18H14BrFN2O4. The van der Waals surface area contributed by atoms with Crippen LogP contribution in [0.1, 0.15) is 24.4 Å². The zero-order valence-corrected chi connectivity index (χ0v) is 15.0. The SMILES string of the molecule is O=C(O)N[C@@H]1CCC(=O)N2c3cc(Br)c(F)cc3Oc3ccccc3[C@@H]12. The molecule has 2 aliphatic heterocycles. The molecule has 134 valence electrons. The van der Waals surface area contributed by atoms with Crippen LogP contribution >= 0.6 is 15.9 Å². The molecule has 0 saturated carbocycles. The first-order valence-electron chi connectivity index (χ1n) is 8.03. The number of carbonyl (C=O) groups excluding carboxylic acids is 1. The molecule has 0 spiro atoms. The standard InChI is InChI=1S/C18H14BrFN2O4/c19-10-7-13-15(8-11(10)20)26-14-4-2-1-3-9(14)17-12(21-18(24)25)5-6-16(23)22(13)17/h1-4,7-8,12,17,21H,5-6H2,(H,24,25)/t12-,17+/m1/s1. The van der Waals surface area contributed by atoms with Crippen LogP contribution < -0.4 is 15.0 Å². The summed E-state index contributed by atoms with van der Waals surface area (Å²) in [6, 6.07) is 8.70. The summed E-state index contributed by atoms with van der Waals surface area (Å²) in [5, 5.41) is 11.7. The summed E-state index contributed by atoms with van der Waals surface area (Å²) in [6.07, 6.45) is -0.608. The molecule has 2 N–H and O–H groups in total. The number of hydrogen-bond acceptors (Lipinski definition) is 3. The van der Waals surface area contributed by atoms with Crippen LogP contribution in [0.2, 0.25) is 0 Å². The Labute approximate surface area is 156 Å². The van der Waals surface area contributed by atoms with E-state index in [-0.39, 0.29) is 22.6 Å². The number of para-hydroxylation sites is 1. The molecule has 1 fully saturated rings. The minimum absolute atomic E-state index is 0.168. The molecule has 2 amide bonds. The van der Waals surface area contributed by atoms with Crippen LogP contribution in [-0.4, -0.2) is 23.1 Å². The highest BCUT2D eigenvalue weighted by atomic mass is 79.9. The zero-order valence-electron chi connectivity index (χ0n) is 13.4. The lowest BCUT2D eigenvalue weighted by molar-refractivity contribution is -0.120. The average Bonchev–Trinajstić information content (AvgIpc) is 2.73. The minimum Gasteiger partial charge on any atom is -0.465 e. The van der Waals surface area contributed by atoms with Crippen LogP contribution in [-0.2, 0) is 4.79 Å². The molecule has 2 aromatic rings. The number of anilines is 1. The van der Waals surface area contributed by atoms with E-state index in [1.165, 1.54) is 17.0 Å². The maximum Gasteiger partial charge on any atom is 0.404 e. The van der Waals surface area contributed by atoms with Crippen LogP contribution in [0.5, 0.6) is 11.5 Å². The maximum atomic E-state index is 14.1. The quantitative estimate of drug-likeness (QED) is 0.724. The summed E-state index contributed by atoms with van der Waals surface area (Å²) in [5.74, 6) is 0.00249. The van der Waals surface area contributed by atoms with Crippen molar-refractivity contribution in [2.24, 2.45) is 0 Å². The van der Waals surface area contributed by atoms with Crippen molar-refractivity contribution < 1.29 is 23.8 Å². The lowest BCUT2D eigenvalue weighted by atomic mass is 9.89. The Morgan fingerprint density at radius 3 is 2.85 bits per heavy atom. The molecule has 0 aromatic heterocycles. The summed E-state index contributed by atoms with van der Waals surface area (Å²) < 4.78 is 20.2. The van der Waals surface area contributed by atoms with Crippen LogP contribution in [0.4, 0.5) is 14.9 Å². The van der Waals surface area contributed by atoms with Crippen molar-refractivity contribution >= 4 is 33.6 Å². The molecule has 4 rings (SSSR count). The van der Waals surface area contributed by atoms with E-state index in [0.717, 1.165) is 0 Å². The number of carbonyl (C=O) groups is 2. The predicted molar refractivity (Wildman–Crippen MR) is 95.0 cm³/mol. The molecule has 0 bridgehead atoms. The number of fused-ring (bicyclic) bond motifs is 5. The smallest absolute Gasteiger partial charge is 0.404 e. The van der Waals surface area contributed by atoms with Gasteiger partial charge in [-0.2, -0.15) is 0 Å². The van der Waals surface area contributed by atoms with Gasteiger partial charge in [-0.05, 0) is 34.5 Å². The Morgan fingerprint density at radius 2 is 2.08 bits per heavy atom. The largest absolute Gasteiger partial charge is 0.465 e. The highest BCUT2D eigenvalue weighted by Crippen LogP contribution is 2.49. The number of piperidine rings is 1. The van der Waals surface area contributed by atoms with Crippen LogP contribution in [0.25, 0.3) is 0 Å². The number of ether oxygens (including phenoxy) is 1. The Morgan fingerprint density at radius 1 is 1.31 bits per heavy atom. The highest BCUT2D eigenvalue weighted by molar-refractivity contribution is 9.10. The summed E-state index contributed by atoms with van der Waals surface area (Å²) >= 11 is 3.15. The van der Waals surface area contributed by atoms with Gasteiger partial charge in [0.2, 0.25) is 5.91 Å². The summed E-state index contributed by atoms with van der Waals surface area (Å²) in [7, 11) is 0. The molecule has 2 atom stereocenters. The molecule has 2 aliphatic rings. The third kappa shape index (κ3) is 2.70. The average molecular weight is 421 g/mol. The third-order valence-corrected chi connectivity index (χ3v) is 5.23. The molecule has 0 radical (unpaired) electrons. The number of amides is 2. The number of rotatable bonds is 1. The number of nitrogens with zero attached hydrogens (tertiary/aromatic N) is 1. The van der Waals surface area contributed by atoms with Crippen LogP contribution in [0.15, 0.2) is 40.9 Å². The second-order valence-corrected chi connectivity index (χ2v) is 7.03. The first kappa shape index (κ1) is 16.8. The monoisotopic (exact) mass is 420 g/mol. The van der Waals surface area contributed by atoms with E-state index in [4.69, 9.17) is 4.74 Å². The first-order valence-corrected chi connectivity index (χ1v) is 8.82. The van der Waals surface area contributed by atoms with Gasteiger partial charge >= 0.3 is 6.09 Å². The van der Waals surface area contributed by atoms with Gasteiger partial charge in [0.25, 0.3) is 0 Å². The van der Waals surface area contributed by atoms with E-state index in [1.54, 1.807) is 24.3 Å². The van der Waals surface area contributed by atoms with Gasteiger partial charge in [-0.25, -0.2) is 9.18 Å². The van der Waals surface area contributed by atoms with Crippen molar-refractivity contribution in [3.63, 3.8) is 0 Å². The van der Waals surface area contributed by atoms with E-state index in [1.807, 2.05) is 0 Å². The van der Waals surface area contributed by atoms with Crippen LogP contribution in [0.3, 0.4) is 0 Å². The number of halogens is 2. The van der Waals surface area contributed by atoms with Gasteiger partial charge in [0.1, 0.15) is 11.6 Å². The second-order valence-electron chi connectivity index (χ2n) is 6.18. The van der Waals surface area contributed by atoms with Crippen molar-refractivity contribution in [1.82, 2.24) is 5.32 Å². The molecule has 2 aromatic carbocycles. The van der Waals surface area contributed by atoms with Gasteiger partial charge < -0.3 is 15.2 Å². The molecule has 8 heteroatoms. The molecular weight excluding hydrogens is 407 g/mol. The fraction of sp³-hybridized carbons (Fsp3) is 0.222. The molecule has 26 heavy (non-hydrogen) atoms. The van der Waals surface area contributed by atoms with Crippen molar-refractivity contribution in [3.05, 3.63) is 52.3 Å². The fourth-order valence-corrected chi connectivity index (χ4v) is 3.90. The van der Waals surface area contributed by atoms with E-state index in [9.17, 15) is 19.1 Å². The van der Waals surface area contributed by atoms with Crippen LogP contribution in [0, 0.1) is 5.82 Å². The zero-order chi connectivity index (χ0) is 18.4. The lowest BCUT2D eigenvalue weighted by Crippen LogP contribution is -2.52. The third-order valence-electron chi connectivity index (χ3n) is 4.63. The maximum absolute atomic E-state index is 14.1. The number of benzene rings is 2. The molecule has 2 heterocycles. The lowest BCUT2D eigenvalue weighted by Gasteiger charge is -2.40. The Hall–Kier alpha value is -2.61. The molecule has 6 nitrogen and oxygen atoms in total. The van der Waals surface area contributed by atoms with Crippen molar-refractivity contribution in [3.8, 4) is 11.5 Å². The molecule has 0 aliphatic carbocycles. The predicted octanol–water partition coefficient (Wildman–Crippen LogP) is 4.20. The summed E-state index contributed by atoms with van der Waals surface area (Å²) in [5.41, 5.74) is 1.08. The van der Waals surface area contributed by atoms with E-state index < -0.39 is 24.0 Å². The van der Waals surface area contributed by atoms with Gasteiger partial charge in [0, 0.05) is 18.1 Å².